The molecule has 0 aromatic rings. The van der Waals surface area contributed by atoms with Crippen molar-refractivity contribution >= 4 is 13.7 Å². The lowest BCUT2D eigenvalue weighted by Gasteiger charge is -2.23. The molecule has 3 unspecified atom stereocenters. The van der Waals surface area contributed by atoms with Crippen LogP contribution in [0.4, 0.5) is 0 Å². The van der Waals surface area contributed by atoms with Crippen LogP contribution in [-0.2, 0) is 18.4 Å². The van der Waals surface area contributed by atoms with Crippen molar-refractivity contribution < 1.29 is 28.4 Å². The molecule has 3 atom stereocenters. The average Bonchev–Trinajstić information content (AvgIpc) is 3.02. The number of carbonyl (C=O) groups excluding carboxylic acids is 1. The van der Waals surface area contributed by atoms with Gasteiger partial charge in [0.2, 0.25) is 5.91 Å². The highest BCUT2D eigenvalue weighted by Crippen LogP contribution is 2.43. The van der Waals surface area contributed by atoms with Crippen LogP contribution in [0.25, 0.3) is 0 Å². The lowest BCUT2D eigenvalue weighted by molar-refractivity contribution is -0.123. The van der Waals surface area contributed by atoms with Crippen molar-refractivity contribution in [2.24, 2.45) is 5.73 Å². The summed E-state index contributed by atoms with van der Waals surface area (Å²) in [7, 11) is -4.32. The Kier molecular flexibility index (Phi) is 32.6. The molecule has 0 heterocycles. The van der Waals surface area contributed by atoms with Crippen LogP contribution in [0.5, 0.6) is 0 Å². The van der Waals surface area contributed by atoms with Gasteiger partial charge in [0.15, 0.2) is 0 Å². The summed E-state index contributed by atoms with van der Waals surface area (Å²) in [6, 6.07) is -0.852. The number of aliphatic hydroxyl groups excluding tert-OH is 1. The van der Waals surface area contributed by atoms with E-state index in [-0.39, 0.29) is 25.7 Å². The zero-order chi connectivity index (χ0) is 33.3. The van der Waals surface area contributed by atoms with Crippen molar-refractivity contribution in [1.29, 1.82) is 0 Å². The van der Waals surface area contributed by atoms with E-state index in [1.54, 1.807) is 6.08 Å². The number of hydrogen-bond donors (Lipinski definition) is 4. The molecule has 0 saturated carbocycles. The quantitative estimate of drug-likeness (QED) is 0.0302. The van der Waals surface area contributed by atoms with Crippen molar-refractivity contribution in [3.05, 3.63) is 12.2 Å². The first-order valence-electron chi connectivity index (χ1n) is 18.8. The molecule has 0 saturated heterocycles. The molecule has 0 rings (SSSR count). The normalized spacial score (nSPS) is 14.5. The van der Waals surface area contributed by atoms with Gasteiger partial charge in [0.05, 0.1) is 25.4 Å². The molecular formula is C36H73N2O6P. The third-order valence-corrected chi connectivity index (χ3v) is 9.35. The zero-order valence-corrected chi connectivity index (χ0v) is 30.3. The summed E-state index contributed by atoms with van der Waals surface area (Å²) in [5.74, 6) is -0.197. The smallest absolute Gasteiger partial charge is 0.387 e. The van der Waals surface area contributed by atoms with Gasteiger partial charge in [0.1, 0.15) is 0 Å². The van der Waals surface area contributed by atoms with Crippen LogP contribution < -0.4 is 11.1 Å². The van der Waals surface area contributed by atoms with Crippen molar-refractivity contribution in [3.8, 4) is 0 Å². The maximum absolute atomic E-state index is 12.6. The monoisotopic (exact) mass is 661 g/mol. The minimum Gasteiger partial charge on any atom is -0.387 e. The number of nitrogens with two attached hydrogens (primary N) is 1. The second kappa shape index (κ2) is 33.2. The molecule has 0 fully saturated rings. The molecular weight excluding hydrogens is 587 g/mol. The second-order valence-electron chi connectivity index (χ2n) is 12.8. The number of hydrogen-bond acceptors (Lipinski definition) is 6. The Balaban J connectivity index is 4.26. The van der Waals surface area contributed by atoms with Gasteiger partial charge >= 0.3 is 7.82 Å². The molecule has 0 aliphatic heterocycles. The van der Waals surface area contributed by atoms with E-state index in [2.05, 4.69) is 19.2 Å². The van der Waals surface area contributed by atoms with E-state index in [9.17, 15) is 19.4 Å². The van der Waals surface area contributed by atoms with Gasteiger partial charge in [-0.15, -0.1) is 0 Å². The van der Waals surface area contributed by atoms with Crippen LogP contribution in [0.3, 0.4) is 0 Å². The predicted octanol–water partition coefficient (Wildman–Crippen LogP) is 9.66. The van der Waals surface area contributed by atoms with E-state index >= 15 is 0 Å². The maximum atomic E-state index is 12.6. The SMILES string of the molecule is CCCCCCCCCCCCCCCCC/C=C/C(O)C(COP(=O)(O)OCCN)NC(=O)CCCCCCCCCCC. The van der Waals surface area contributed by atoms with E-state index in [0.717, 1.165) is 38.5 Å². The predicted molar refractivity (Wildman–Crippen MR) is 189 cm³/mol. The minimum absolute atomic E-state index is 0.0808. The van der Waals surface area contributed by atoms with E-state index < -0.39 is 20.0 Å². The maximum Gasteiger partial charge on any atom is 0.472 e. The first-order valence-corrected chi connectivity index (χ1v) is 20.3. The molecule has 1 amide bonds. The third-order valence-electron chi connectivity index (χ3n) is 8.36. The van der Waals surface area contributed by atoms with Crippen molar-refractivity contribution in [2.75, 3.05) is 19.8 Å². The van der Waals surface area contributed by atoms with E-state index in [4.69, 9.17) is 14.8 Å². The largest absolute Gasteiger partial charge is 0.472 e. The number of amides is 1. The summed E-state index contributed by atoms with van der Waals surface area (Å²) in [5.41, 5.74) is 5.35. The summed E-state index contributed by atoms with van der Waals surface area (Å²) in [5, 5.41) is 13.6. The lowest BCUT2D eigenvalue weighted by Crippen LogP contribution is -2.45. The van der Waals surface area contributed by atoms with Gasteiger partial charge in [-0.25, -0.2) is 4.57 Å². The molecule has 0 radical (unpaired) electrons. The first-order chi connectivity index (χ1) is 21.9. The number of phosphoric acid groups is 1. The molecule has 0 aliphatic carbocycles. The highest BCUT2D eigenvalue weighted by molar-refractivity contribution is 7.47. The topological polar surface area (TPSA) is 131 Å². The summed E-state index contributed by atoms with van der Waals surface area (Å²) < 4.78 is 22.0. The molecule has 8 nitrogen and oxygen atoms in total. The van der Waals surface area contributed by atoms with Crippen LogP contribution in [0.2, 0.25) is 0 Å². The number of carbonyl (C=O) groups is 1. The molecule has 9 heteroatoms. The Morgan fingerprint density at radius 1 is 0.711 bits per heavy atom. The second-order valence-corrected chi connectivity index (χ2v) is 14.2. The van der Waals surface area contributed by atoms with E-state index in [0.29, 0.717) is 6.42 Å². The summed E-state index contributed by atoms with van der Waals surface area (Å²) in [6.07, 6.45) is 34.0. The van der Waals surface area contributed by atoms with Crippen molar-refractivity contribution in [2.45, 2.75) is 193 Å². The highest BCUT2D eigenvalue weighted by Gasteiger charge is 2.26. The Morgan fingerprint density at radius 2 is 1.13 bits per heavy atom. The Bertz CT molecular complexity index is 724. The Labute approximate surface area is 277 Å². The van der Waals surface area contributed by atoms with Crippen LogP contribution in [0.1, 0.15) is 181 Å². The highest BCUT2D eigenvalue weighted by atomic mass is 31.2. The molecule has 5 N–H and O–H groups in total. The van der Waals surface area contributed by atoms with Crippen molar-refractivity contribution in [3.63, 3.8) is 0 Å². The molecule has 45 heavy (non-hydrogen) atoms. The Hall–Kier alpha value is -0.760. The summed E-state index contributed by atoms with van der Waals surface area (Å²) in [4.78, 5) is 22.5. The molecule has 0 aromatic carbocycles. The average molecular weight is 661 g/mol. The van der Waals surface area contributed by atoms with Gasteiger partial charge in [-0.3, -0.25) is 13.8 Å². The fourth-order valence-corrected chi connectivity index (χ4v) is 6.24. The lowest BCUT2D eigenvalue weighted by atomic mass is 10.0. The first kappa shape index (κ1) is 44.2. The van der Waals surface area contributed by atoms with Gasteiger partial charge in [-0.1, -0.05) is 167 Å². The van der Waals surface area contributed by atoms with E-state index in [1.165, 1.54) is 122 Å². The molecule has 0 spiro atoms. The minimum atomic E-state index is -4.32. The molecule has 0 bridgehead atoms. The van der Waals surface area contributed by atoms with Gasteiger partial charge in [0.25, 0.3) is 0 Å². The third kappa shape index (κ3) is 31.6. The zero-order valence-electron chi connectivity index (χ0n) is 29.4. The number of aliphatic hydroxyl groups is 1. The van der Waals surface area contributed by atoms with Crippen LogP contribution in [0.15, 0.2) is 12.2 Å². The summed E-state index contributed by atoms with van der Waals surface area (Å²) in [6.45, 7) is 4.11. The molecule has 0 aromatic heterocycles. The number of nitrogens with one attached hydrogen (secondary N) is 1. The number of rotatable bonds is 35. The fraction of sp³-hybridized carbons (Fsp3) is 0.917. The standard InChI is InChI=1S/C36H73N2O6P/c1-3-5-7-9-11-13-14-15-16-17-18-19-20-22-23-25-27-29-35(39)34(33-44-45(41,42)43-32-31-37)38-36(40)30-28-26-24-21-12-10-8-6-4-2/h27,29,34-35,39H,3-26,28,30-33,37H2,1-2H3,(H,38,40)(H,41,42)/b29-27+. The fourth-order valence-electron chi connectivity index (χ4n) is 5.48. The summed E-state index contributed by atoms with van der Waals surface area (Å²) >= 11 is 0. The number of allylic oxidation sites excluding steroid dienone is 1. The van der Waals surface area contributed by atoms with Gasteiger partial charge in [0, 0.05) is 13.0 Å². The number of phosphoric ester groups is 1. The molecule has 0 aliphatic rings. The molecule has 268 valence electrons. The Morgan fingerprint density at radius 3 is 1.58 bits per heavy atom. The van der Waals surface area contributed by atoms with Crippen LogP contribution in [0, 0.1) is 0 Å². The van der Waals surface area contributed by atoms with E-state index in [1.807, 2.05) is 6.08 Å². The van der Waals surface area contributed by atoms with Crippen LogP contribution in [-0.4, -0.2) is 47.8 Å². The van der Waals surface area contributed by atoms with Gasteiger partial charge in [-0.05, 0) is 19.3 Å². The number of unbranched alkanes of at least 4 members (excludes halogenated alkanes) is 23. The van der Waals surface area contributed by atoms with Crippen LogP contribution >= 0.6 is 7.82 Å². The van der Waals surface area contributed by atoms with Gasteiger partial charge in [-0.2, -0.15) is 0 Å². The van der Waals surface area contributed by atoms with Crippen molar-refractivity contribution in [1.82, 2.24) is 5.32 Å². The van der Waals surface area contributed by atoms with Gasteiger partial charge < -0.3 is 21.1 Å².